The van der Waals surface area contributed by atoms with E-state index in [1.807, 2.05) is 0 Å². The summed E-state index contributed by atoms with van der Waals surface area (Å²) in [5.74, 6) is -2.50. The van der Waals surface area contributed by atoms with Gasteiger partial charge in [0, 0.05) is 30.9 Å². The predicted molar refractivity (Wildman–Crippen MR) is 127 cm³/mol. The molecule has 11 nitrogen and oxygen atoms in total. The highest BCUT2D eigenvalue weighted by molar-refractivity contribution is 6.03. The molecular formula is C24H19FN6O5. The smallest absolute Gasteiger partial charge is 0.326 e. The lowest BCUT2D eigenvalue weighted by molar-refractivity contribution is -0.387. The number of carbonyl (C=O) groups is 2. The van der Waals surface area contributed by atoms with E-state index in [9.17, 15) is 28.9 Å². The van der Waals surface area contributed by atoms with Crippen LogP contribution in [0.15, 0.2) is 71.7 Å². The highest BCUT2D eigenvalue weighted by atomic mass is 19.1. The normalized spacial score (nSPS) is 15.4. The Morgan fingerprint density at radius 2 is 1.97 bits per heavy atom. The number of carbonyl (C=O) groups excluding carboxylic acids is 2. The van der Waals surface area contributed by atoms with Crippen molar-refractivity contribution in [2.24, 2.45) is 5.92 Å². The predicted octanol–water partition coefficient (Wildman–Crippen LogP) is 2.58. The Bertz CT molecular complexity index is 1580. The van der Waals surface area contributed by atoms with E-state index in [-0.39, 0.29) is 30.9 Å². The van der Waals surface area contributed by atoms with E-state index < -0.39 is 34.2 Å². The molecule has 0 aliphatic carbocycles. The van der Waals surface area contributed by atoms with Crippen molar-refractivity contribution in [3.8, 4) is 0 Å². The summed E-state index contributed by atoms with van der Waals surface area (Å²) in [7, 11) is 0. The number of halogens is 1. The number of aromatic nitrogens is 3. The molecule has 5 rings (SSSR count). The molecule has 3 heterocycles. The standard InChI is InChI=1S/C24H19FN6O5/c25-19-8-7-18(12-20(19)31(35)36)29-14-16(11-22(29)32)23(33)26-17-5-3-4-15(10-17)13-30-24(34)28-9-2-1-6-21(28)27-30/h1-10,12,16H,11,13-14H2,(H,26,33). The van der Waals surface area contributed by atoms with Gasteiger partial charge in [0.1, 0.15) is 0 Å². The first-order valence-electron chi connectivity index (χ1n) is 11.0. The van der Waals surface area contributed by atoms with E-state index in [1.54, 1.807) is 48.7 Å². The lowest BCUT2D eigenvalue weighted by Crippen LogP contribution is -2.28. The van der Waals surface area contributed by atoms with Crippen LogP contribution in [0.1, 0.15) is 12.0 Å². The van der Waals surface area contributed by atoms with Crippen LogP contribution in [0.5, 0.6) is 0 Å². The lowest BCUT2D eigenvalue weighted by Gasteiger charge is -2.17. The number of nitrogens with one attached hydrogen (secondary N) is 1. The van der Waals surface area contributed by atoms with Gasteiger partial charge in [0.15, 0.2) is 5.65 Å². The Balaban J connectivity index is 1.28. The van der Waals surface area contributed by atoms with Crippen molar-refractivity contribution in [2.75, 3.05) is 16.8 Å². The van der Waals surface area contributed by atoms with Crippen LogP contribution in [0.2, 0.25) is 0 Å². The van der Waals surface area contributed by atoms with Crippen LogP contribution < -0.4 is 15.9 Å². The number of pyridine rings is 1. The van der Waals surface area contributed by atoms with Gasteiger partial charge < -0.3 is 10.2 Å². The van der Waals surface area contributed by atoms with Gasteiger partial charge in [0.05, 0.1) is 23.1 Å². The molecule has 2 aromatic heterocycles. The van der Waals surface area contributed by atoms with Gasteiger partial charge in [-0.1, -0.05) is 18.2 Å². The summed E-state index contributed by atoms with van der Waals surface area (Å²) in [5.41, 5.74) is 0.872. The third-order valence-electron chi connectivity index (χ3n) is 5.95. The van der Waals surface area contributed by atoms with E-state index in [2.05, 4.69) is 10.4 Å². The number of hydrogen-bond acceptors (Lipinski definition) is 6. The molecule has 0 radical (unpaired) electrons. The van der Waals surface area contributed by atoms with Crippen LogP contribution in [0.4, 0.5) is 21.5 Å². The summed E-state index contributed by atoms with van der Waals surface area (Å²) >= 11 is 0. The zero-order valence-corrected chi connectivity index (χ0v) is 18.7. The van der Waals surface area contributed by atoms with Crippen LogP contribution in [-0.4, -0.2) is 37.5 Å². The monoisotopic (exact) mass is 490 g/mol. The molecule has 182 valence electrons. The van der Waals surface area contributed by atoms with Gasteiger partial charge in [-0.05, 0) is 42.0 Å². The van der Waals surface area contributed by atoms with Crippen molar-refractivity contribution in [3.05, 3.63) is 98.8 Å². The van der Waals surface area contributed by atoms with Gasteiger partial charge in [0.2, 0.25) is 17.6 Å². The number of benzene rings is 2. The maximum atomic E-state index is 13.7. The number of anilines is 2. The average molecular weight is 490 g/mol. The summed E-state index contributed by atoms with van der Waals surface area (Å²) in [5, 5.41) is 18.1. The van der Waals surface area contributed by atoms with Gasteiger partial charge in [-0.3, -0.25) is 24.1 Å². The molecule has 1 N–H and O–H groups in total. The SMILES string of the molecule is O=C(Nc1cccc(Cn2nc3ccccn3c2=O)c1)C1CC(=O)N(c2ccc(F)c([N+](=O)[O-])c2)C1. The van der Waals surface area contributed by atoms with Gasteiger partial charge in [-0.25, -0.2) is 9.48 Å². The van der Waals surface area contributed by atoms with E-state index in [0.29, 0.717) is 11.3 Å². The fourth-order valence-electron chi connectivity index (χ4n) is 4.18. The zero-order valence-electron chi connectivity index (χ0n) is 18.7. The fraction of sp³-hybridized carbons (Fsp3) is 0.167. The van der Waals surface area contributed by atoms with Crippen molar-refractivity contribution in [3.63, 3.8) is 0 Å². The molecule has 0 bridgehead atoms. The van der Waals surface area contributed by atoms with E-state index >= 15 is 0 Å². The molecule has 4 aromatic rings. The highest BCUT2D eigenvalue weighted by Gasteiger charge is 2.36. The van der Waals surface area contributed by atoms with Gasteiger partial charge in [0.25, 0.3) is 0 Å². The number of nitro groups is 1. The zero-order chi connectivity index (χ0) is 25.4. The number of rotatable bonds is 6. The highest BCUT2D eigenvalue weighted by Crippen LogP contribution is 2.30. The van der Waals surface area contributed by atoms with Gasteiger partial charge in [-0.2, -0.15) is 4.39 Å². The first kappa shape index (κ1) is 22.9. The topological polar surface area (TPSA) is 132 Å². The second-order valence-corrected chi connectivity index (χ2v) is 8.36. The second-order valence-electron chi connectivity index (χ2n) is 8.36. The molecule has 2 aromatic carbocycles. The summed E-state index contributed by atoms with van der Waals surface area (Å²) in [6.45, 7) is 0.201. The molecule has 0 spiro atoms. The number of nitrogens with zero attached hydrogens (tertiary/aromatic N) is 5. The minimum atomic E-state index is -1.00. The van der Waals surface area contributed by atoms with E-state index in [1.165, 1.54) is 20.0 Å². The van der Waals surface area contributed by atoms with Crippen LogP contribution in [0, 0.1) is 21.8 Å². The van der Waals surface area contributed by atoms with Crippen molar-refractivity contribution in [2.45, 2.75) is 13.0 Å². The van der Waals surface area contributed by atoms with Crippen LogP contribution in [-0.2, 0) is 16.1 Å². The second kappa shape index (κ2) is 9.06. The number of hydrogen-bond donors (Lipinski definition) is 1. The van der Waals surface area contributed by atoms with Gasteiger partial charge in [-0.15, -0.1) is 5.10 Å². The van der Waals surface area contributed by atoms with E-state index in [0.717, 1.165) is 17.7 Å². The fourth-order valence-corrected chi connectivity index (χ4v) is 4.18. The molecular weight excluding hydrogens is 471 g/mol. The summed E-state index contributed by atoms with van der Waals surface area (Å²) in [6, 6.07) is 15.4. The quantitative estimate of drug-likeness (QED) is 0.326. The first-order chi connectivity index (χ1) is 17.3. The van der Waals surface area contributed by atoms with Crippen molar-refractivity contribution in [1.82, 2.24) is 14.2 Å². The minimum Gasteiger partial charge on any atom is -0.326 e. The molecule has 1 aliphatic rings. The Morgan fingerprint density at radius 3 is 2.75 bits per heavy atom. The molecule has 0 saturated carbocycles. The molecule has 1 aliphatic heterocycles. The largest absolute Gasteiger partial charge is 0.350 e. The Labute approximate surface area is 202 Å². The minimum absolute atomic E-state index is 0.00376. The number of fused-ring (bicyclic) bond motifs is 1. The third kappa shape index (κ3) is 4.31. The van der Waals surface area contributed by atoms with Crippen molar-refractivity contribution in [1.29, 1.82) is 0 Å². The third-order valence-corrected chi connectivity index (χ3v) is 5.95. The molecule has 1 fully saturated rings. The van der Waals surface area contributed by atoms with Crippen LogP contribution >= 0.6 is 0 Å². The number of amides is 2. The average Bonchev–Trinajstić information content (AvgIpc) is 3.39. The molecule has 1 unspecified atom stereocenters. The molecule has 1 saturated heterocycles. The van der Waals surface area contributed by atoms with Crippen LogP contribution in [0.3, 0.4) is 0 Å². The molecule has 12 heteroatoms. The first-order valence-corrected chi connectivity index (χ1v) is 11.0. The molecule has 2 amide bonds. The van der Waals surface area contributed by atoms with Gasteiger partial charge >= 0.3 is 11.4 Å². The van der Waals surface area contributed by atoms with Crippen molar-refractivity contribution >= 4 is 34.5 Å². The summed E-state index contributed by atoms with van der Waals surface area (Å²) in [4.78, 5) is 49.3. The Kier molecular flexibility index (Phi) is 5.76. The maximum absolute atomic E-state index is 13.7. The maximum Gasteiger partial charge on any atom is 0.350 e. The Hall–Kier alpha value is -4.87. The Morgan fingerprint density at radius 1 is 1.14 bits per heavy atom. The van der Waals surface area contributed by atoms with Crippen molar-refractivity contribution < 1.29 is 18.9 Å². The number of nitro benzene ring substituents is 1. The van der Waals surface area contributed by atoms with E-state index in [4.69, 9.17) is 0 Å². The summed E-state index contributed by atoms with van der Waals surface area (Å²) in [6.07, 6.45) is 1.54. The van der Waals surface area contributed by atoms with Crippen LogP contribution in [0.25, 0.3) is 5.65 Å². The lowest BCUT2D eigenvalue weighted by atomic mass is 10.1. The molecule has 36 heavy (non-hydrogen) atoms. The molecule has 1 atom stereocenters. The summed E-state index contributed by atoms with van der Waals surface area (Å²) < 4.78 is 16.4.